The quantitative estimate of drug-likeness (QED) is 0.275. The Morgan fingerprint density at radius 2 is 1.38 bits per heavy atom. The fourth-order valence-electron chi connectivity index (χ4n) is 2.44. The Kier molecular flexibility index (Phi) is 11.1. The van der Waals surface area contributed by atoms with Crippen molar-refractivity contribution in [2.45, 2.75) is 6.92 Å². The maximum absolute atomic E-state index is 12.3. The van der Waals surface area contributed by atoms with E-state index in [1.54, 1.807) is 19.2 Å². The number of aromatic hydroxyl groups is 1. The number of methoxy groups -OCH3 is 2. The van der Waals surface area contributed by atoms with E-state index in [0.29, 0.717) is 9.80 Å². The highest BCUT2D eigenvalue weighted by molar-refractivity contribution is 7.84. The summed E-state index contributed by atoms with van der Waals surface area (Å²) in [6, 6.07) is 11.5. The number of benzene rings is 2. The summed E-state index contributed by atoms with van der Waals surface area (Å²) < 4.78 is 80.5. The van der Waals surface area contributed by atoms with E-state index in [4.69, 9.17) is 5.11 Å². The average Bonchev–Trinajstić information content (AvgIpc) is 3.17. The second-order valence-electron chi connectivity index (χ2n) is 6.67. The fraction of sp³-hybridized carbons (Fsp3) is 0.190. The molecule has 37 heavy (non-hydrogen) atoms. The smallest absolute Gasteiger partial charge is 0.488 e. The highest BCUT2D eigenvalue weighted by Crippen LogP contribution is 2.21. The number of phenols is 1. The highest BCUT2D eigenvalue weighted by Gasteiger charge is 2.22. The minimum Gasteiger partial charge on any atom is -0.507 e. The largest absolute Gasteiger partial charge is 0.507 e. The first-order chi connectivity index (χ1) is 17.1. The van der Waals surface area contributed by atoms with Gasteiger partial charge in [0.05, 0.1) is 21.3 Å². The van der Waals surface area contributed by atoms with Gasteiger partial charge in [0.1, 0.15) is 29.3 Å². The van der Waals surface area contributed by atoms with Crippen LogP contribution in [-0.2, 0) is 37.4 Å². The number of hydrogen-bond donors (Lipinski definition) is 1. The minimum absolute atomic E-state index is 0.0562. The molecule has 1 N–H and O–H groups in total. The number of aryl methyl sites for hydroxylation is 1. The van der Waals surface area contributed by atoms with Gasteiger partial charge in [0, 0.05) is 6.92 Å². The van der Waals surface area contributed by atoms with Gasteiger partial charge in [-0.3, -0.25) is 0 Å². The SMILES string of the molecule is COC(=O)c1ccccc1O.COC(=O)c1ccccc1OS(=O)(=O)F.Cc1n(S(=O)(=O)F)cc[n+]1C. The zero-order valence-corrected chi connectivity index (χ0v) is 21.5. The van der Waals surface area contributed by atoms with Gasteiger partial charge in [-0.2, -0.15) is 16.8 Å². The molecule has 0 spiro atoms. The van der Waals surface area contributed by atoms with Crippen LogP contribution in [0.1, 0.15) is 26.5 Å². The third kappa shape index (κ3) is 9.85. The number of nitrogens with zero attached hydrogens (tertiary/aromatic N) is 2. The lowest BCUT2D eigenvalue weighted by Crippen LogP contribution is -2.30. The van der Waals surface area contributed by atoms with Crippen molar-refractivity contribution in [1.29, 1.82) is 0 Å². The number of para-hydroxylation sites is 2. The Bertz CT molecular complexity index is 1460. The van der Waals surface area contributed by atoms with Gasteiger partial charge >= 0.3 is 32.9 Å². The van der Waals surface area contributed by atoms with Crippen LogP contribution in [-0.4, -0.2) is 52.1 Å². The molecule has 0 saturated heterocycles. The van der Waals surface area contributed by atoms with E-state index in [9.17, 15) is 34.2 Å². The van der Waals surface area contributed by atoms with E-state index < -0.39 is 38.6 Å². The number of aromatic nitrogens is 2. The molecule has 0 fully saturated rings. The third-order valence-electron chi connectivity index (χ3n) is 4.28. The normalized spacial score (nSPS) is 10.6. The highest BCUT2D eigenvalue weighted by atomic mass is 32.3. The number of hydrogen-bond acceptors (Lipinski definition) is 10. The monoisotopic (exact) mass is 565 g/mol. The second-order valence-corrected chi connectivity index (χ2v) is 8.84. The van der Waals surface area contributed by atoms with Crippen molar-refractivity contribution in [3.63, 3.8) is 0 Å². The van der Waals surface area contributed by atoms with Gasteiger partial charge in [0.25, 0.3) is 5.82 Å². The summed E-state index contributed by atoms with van der Waals surface area (Å²) in [4.78, 5) is 22.0. The number of halogens is 2. The predicted octanol–water partition coefficient (Wildman–Crippen LogP) is 1.93. The number of rotatable bonds is 5. The Labute approximate surface area is 212 Å². The number of esters is 2. The van der Waals surface area contributed by atoms with Crippen molar-refractivity contribution in [3.8, 4) is 11.5 Å². The molecule has 0 bridgehead atoms. The van der Waals surface area contributed by atoms with Crippen LogP contribution < -0.4 is 8.75 Å². The van der Waals surface area contributed by atoms with Gasteiger partial charge in [0.2, 0.25) is 0 Å². The van der Waals surface area contributed by atoms with E-state index in [1.807, 2.05) is 0 Å². The van der Waals surface area contributed by atoms with E-state index >= 15 is 0 Å². The first-order valence-corrected chi connectivity index (χ1v) is 12.4. The molecule has 0 unspecified atom stereocenters. The molecule has 0 atom stereocenters. The first kappa shape index (κ1) is 31.0. The summed E-state index contributed by atoms with van der Waals surface area (Å²) in [6.45, 7) is 1.51. The number of carbonyl (C=O) groups excluding carboxylic acids is 2. The van der Waals surface area contributed by atoms with Crippen LogP contribution in [0.25, 0.3) is 0 Å². The van der Waals surface area contributed by atoms with Crippen LogP contribution in [0.2, 0.25) is 0 Å². The lowest BCUT2D eigenvalue weighted by molar-refractivity contribution is -0.676. The molecule has 0 aliphatic heterocycles. The van der Waals surface area contributed by atoms with E-state index in [-0.39, 0.29) is 16.9 Å². The summed E-state index contributed by atoms with van der Waals surface area (Å²) in [5.41, 5.74) is 0.0243. The summed E-state index contributed by atoms with van der Waals surface area (Å²) >= 11 is 0. The van der Waals surface area contributed by atoms with Crippen LogP contribution in [0.5, 0.6) is 11.5 Å². The van der Waals surface area contributed by atoms with Crippen molar-refractivity contribution < 1.29 is 57.5 Å². The number of ether oxygens (including phenoxy) is 2. The topological polar surface area (TPSA) is 159 Å². The molecule has 2 aromatic carbocycles. The Morgan fingerprint density at radius 3 is 1.78 bits per heavy atom. The number of imidazole rings is 1. The number of phenolic OH excluding ortho intramolecular Hbond substituents is 1. The summed E-state index contributed by atoms with van der Waals surface area (Å²) in [6.07, 6.45) is 2.62. The molecule has 1 heterocycles. The average molecular weight is 566 g/mol. The van der Waals surface area contributed by atoms with Gasteiger partial charge in [-0.15, -0.1) is 0 Å². The first-order valence-electron chi connectivity index (χ1n) is 9.78. The van der Waals surface area contributed by atoms with E-state index in [2.05, 4.69) is 13.7 Å². The predicted molar refractivity (Wildman–Crippen MR) is 124 cm³/mol. The molecular formula is C21H23F2N2O10S2+. The van der Waals surface area contributed by atoms with Crippen LogP contribution in [0.4, 0.5) is 7.77 Å². The molecule has 202 valence electrons. The molecule has 12 nitrogen and oxygen atoms in total. The molecule has 0 aliphatic rings. The lowest BCUT2D eigenvalue weighted by atomic mass is 10.2. The summed E-state index contributed by atoms with van der Waals surface area (Å²) in [5.74, 6) is -1.48. The number of carbonyl (C=O) groups is 2. The Hall–Kier alpha value is -4.05. The summed E-state index contributed by atoms with van der Waals surface area (Å²) in [5, 5.41) is 9.11. The van der Waals surface area contributed by atoms with Gasteiger partial charge < -0.3 is 18.8 Å². The van der Waals surface area contributed by atoms with E-state index in [0.717, 1.165) is 19.4 Å². The molecule has 0 aliphatic carbocycles. The molecule has 1 aromatic heterocycles. The Morgan fingerprint density at radius 1 is 0.892 bits per heavy atom. The van der Waals surface area contributed by atoms with Gasteiger partial charge in [-0.1, -0.05) is 36.0 Å². The van der Waals surface area contributed by atoms with Crippen LogP contribution in [0, 0.1) is 6.92 Å². The second kappa shape index (κ2) is 13.3. The molecule has 0 saturated carbocycles. The molecule has 3 rings (SSSR count). The zero-order valence-electron chi connectivity index (χ0n) is 19.9. The third-order valence-corrected chi connectivity index (χ3v) is 5.52. The summed E-state index contributed by atoms with van der Waals surface area (Å²) in [7, 11) is -5.74. The molecule has 3 aromatic rings. The van der Waals surface area contributed by atoms with Crippen molar-refractivity contribution >= 4 is 32.9 Å². The molecular weight excluding hydrogens is 542 g/mol. The minimum atomic E-state index is -5.15. The van der Waals surface area contributed by atoms with Crippen LogP contribution in [0.3, 0.4) is 0 Å². The van der Waals surface area contributed by atoms with E-state index in [1.165, 1.54) is 55.1 Å². The van der Waals surface area contributed by atoms with Gasteiger partial charge in [-0.25, -0.2) is 14.2 Å². The molecule has 0 radical (unpaired) electrons. The van der Waals surface area contributed by atoms with Gasteiger partial charge in [0.15, 0.2) is 5.75 Å². The standard InChI is InChI=1S/C8H7FO5S.C8H8O3.C5H8FN2O2S/c1-13-8(10)6-4-2-3-5-7(6)14-15(9,11)12;1-11-8(10)6-4-2-3-5-7(6)9;1-5-7(2)3-4-8(5)11(6,9)10/h2-5H,1H3;2-5,9H,1H3;3-4H,1-2H3/q;;+1. The van der Waals surface area contributed by atoms with Gasteiger partial charge in [-0.05, 0) is 24.3 Å². The van der Waals surface area contributed by atoms with Crippen LogP contribution >= 0.6 is 0 Å². The molecule has 0 amide bonds. The fourth-order valence-corrected chi connectivity index (χ4v) is 3.45. The lowest BCUT2D eigenvalue weighted by Gasteiger charge is -2.05. The Balaban J connectivity index is 0.000000283. The zero-order chi connectivity index (χ0) is 28.4. The van der Waals surface area contributed by atoms with Crippen molar-refractivity contribution in [2.24, 2.45) is 7.05 Å². The van der Waals surface area contributed by atoms with Crippen molar-refractivity contribution in [2.75, 3.05) is 14.2 Å². The van der Waals surface area contributed by atoms with Crippen molar-refractivity contribution in [3.05, 3.63) is 77.9 Å². The maximum Gasteiger partial charge on any atom is 0.488 e. The van der Waals surface area contributed by atoms with Crippen molar-refractivity contribution in [1.82, 2.24) is 3.97 Å². The molecule has 16 heteroatoms. The maximum atomic E-state index is 12.3. The van der Waals surface area contributed by atoms with Crippen LogP contribution in [0.15, 0.2) is 60.9 Å².